The topological polar surface area (TPSA) is 59.8 Å². The van der Waals surface area contributed by atoms with Crippen molar-refractivity contribution in [2.45, 2.75) is 68.9 Å². The molecule has 2 heterocycles. The summed E-state index contributed by atoms with van der Waals surface area (Å²) in [6.45, 7) is 7.91. The van der Waals surface area contributed by atoms with E-state index in [0.717, 1.165) is 17.4 Å². The molecule has 0 aromatic carbocycles. The van der Waals surface area contributed by atoms with E-state index in [1.165, 1.54) is 29.5 Å². The molecule has 7 heteroatoms. The van der Waals surface area contributed by atoms with E-state index in [4.69, 9.17) is 0 Å². The fourth-order valence-corrected chi connectivity index (χ4v) is 4.10. The first kappa shape index (κ1) is 17.5. The lowest BCUT2D eigenvalue weighted by atomic mass is 10.1. The molecule has 0 bridgehead atoms. The van der Waals surface area contributed by atoms with Crippen LogP contribution in [0.25, 0.3) is 0 Å². The number of thioether (sulfide) groups is 1. The van der Waals surface area contributed by atoms with Crippen LogP contribution in [-0.2, 0) is 11.2 Å². The van der Waals surface area contributed by atoms with Gasteiger partial charge >= 0.3 is 0 Å². The SMILES string of the molecule is CC(Sc1nnc(Cc2cccs2)n1C1CC1)C(=O)NC(C)(C)C. The maximum atomic E-state index is 12.3. The second kappa shape index (κ2) is 6.88. The summed E-state index contributed by atoms with van der Waals surface area (Å²) in [7, 11) is 0. The van der Waals surface area contributed by atoms with Gasteiger partial charge < -0.3 is 9.88 Å². The highest BCUT2D eigenvalue weighted by atomic mass is 32.2. The molecule has 1 atom stereocenters. The minimum atomic E-state index is -0.222. The van der Waals surface area contributed by atoms with Gasteiger partial charge in [0.15, 0.2) is 5.16 Å². The molecule has 1 N–H and O–H groups in total. The third-order valence-electron chi connectivity index (χ3n) is 3.71. The van der Waals surface area contributed by atoms with E-state index in [1.54, 1.807) is 11.3 Å². The summed E-state index contributed by atoms with van der Waals surface area (Å²) in [4.78, 5) is 13.6. The Balaban J connectivity index is 1.74. The van der Waals surface area contributed by atoms with Crippen LogP contribution in [0.2, 0.25) is 0 Å². The van der Waals surface area contributed by atoms with E-state index in [1.807, 2.05) is 27.7 Å². The third kappa shape index (κ3) is 4.39. The van der Waals surface area contributed by atoms with E-state index in [2.05, 4.69) is 37.6 Å². The molecule has 0 saturated heterocycles. The Morgan fingerprint density at radius 3 is 2.79 bits per heavy atom. The van der Waals surface area contributed by atoms with Crippen molar-refractivity contribution in [1.29, 1.82) is 0 Å². The van der Waals surface area contributed by atoms with Crippen LogP contribution in [0.15, 0.2) is 22.7 Å². The van der Waals surface area contributed by atoms with Crippen LogP contribution < -0.4 is 5.32 Å². The van der Waals surface area contributed by atoms with Crippen molar-refractivity contribution >= 4 is 29.0 Å². The van der Waals surface area contributed by atoms with Gasteiger partial charge in [-0.3, -0.25) is 4.79 Å². The number of thiophene rings is 1. The van der Waals surface area contributed by atoms with Crippen molar-refractivity contribution in [3.05, 3.63) is 28.2 Å². The minimum absolute atomic E-state index is 0.0395. The number of nitrogens with zero attached hydrogens (tertiary/aromatic N) is 3. The van der Waals surface area contributed by atoms with Gasteiger partial charge in [-0.2, -0.15) is 0 Å². The van der Waals surface area contributed by atoms with Crippen molar-refractivity contribution in [2.75, 3.05) is 0 Å². The molecule has 24 heavy (non-hydrogen) atoms. The maximum absolute atomic E-state index is 12.3. The molecule has 1 unspecified atom stereocenters. The summed E-state index contributed by atoms with van der Waals surface area (Å²) in [6, 6.07) is 4.69. The molecule has 0 spiro atoms. The van der Waals surface area contributed by atoms with Gasteiger partial charge in [-0.1, -0.05) is 17.8 Å². The molecule has 1 aliphatic carbocycles. The van der Waals surface area contributed by atoms with Crippen molar-refractivity contribution in [2.24, 2.45) is 0 Å². The molecule has 0 aliphatic heterocycles. The zero-order valence-electron chi connectivity index (χ0n) is 14.6. The first-order valence-corrected chi connectivity index (χ1v) is 10.0. The number of rotatable bonds is 6. The summed E-state index contributed by atoms with van der Waals surface area (Å²) in [6.07, 6.45) is 3.15. The molecular formula is C17H24N4OS2. The number of carbonyl (C=O) groups is 1. The molecule has 130 valence electrons. The standard InChI is InChI=1S/C17H24N4OS2/c1-11(15(22)18-17(2,3)4)24-16-20-19-14(21(16)12-7-8-12)10-13-6-5-9-23-13/h5-6,9,11-12H,7-8,10H2,1-4H3,(H,18,22). The van der Waals surface area contributed by atoms with Gasteiger partial charge in [-0.25, -0.2) is 0 Å². The number of carbonyl (C=O) groups excluding carboxylic acids is 1. The normalized spacial score (nSPS) is 16.2. The lowest BCUT2D eigenvalue weighted by Crippen LogP contribution is -2.44. The molecule has 1 amide bonds. The lowest BCUT2D eigenvalue weighted by Gasteiger charge is -2.23. The molecule has 1 saturated carbocycles. The van der Waals surface area contributed by atoms with Crippen LogP contribution in [-0.4, -0.2) is 31.5 Å². The van der Waals surface area contributed by atoms with Gasteiger partial charge in [-0.15, -0.1) is 21.5 Å². The summed E-state index contributed by atoms with van der Waals surface area (Å²) in [5.74, 6) is 1.04. The van der Waals surface area contributed by atoms with E-state index < -0.39 is 0 Å². The van der Waals surface area contributed by atoms with Crippen LogP contribution in [0, 0.1) is 0 Å². The van der Waals surface area contributed by atoms with E-state index in [0.29, 0.717) is 6.04 Å². The predicted octanol–water partition coefficient (Wildman–Crippen LogP) is 3.66. The first-order valence-electron chi connectivity index (χ1n) is 8.28. The molecule has 1 aliphatic rings. The zero-order valence-corrected chi connectivity index (χ0v) is 16.2. The van der Waals surface area contributed by atoms with Gasteiger partial charge in [0.25, 0.3) is 0 Å². The Hall–Kier alpha value is -1.34. The summed E-state index contributed by atoms with van der Waals surface area (Å²) in [5, 5.41) is 14.6. The van der Waals surface area contributed by atoms with Crippen molar-refractivity contribution < 1.29 is 4.79 Å². The highest BCUT2D eigenvalue weighted by molar-refractivity contribution is 8.00. The van der Waals surface area contributed by atoms with Crippen LogP contribution in [0.3, 0.4) is 0 Å². The van der Waals surface area contributed by atoms with Crippen molar-refractivity contribution in [3.8, 4) is 0 Å². The fraction of sp³-hybridized carbons (Fsp3) is 0.588. The Morgan fingerprint density at radius 2 is 2.21 bits per heavy atom. The first-order chi connectivity index (χ1) is 11.3. The van der Waals surface area contributed by atoms with E-state index in [-0.39, 0.29) is 16.7 Å². The Morgan fingerprint density at radius 1 is 1.46 bits per heavy atom. The molecule has 2 aromatic rings. The predicted molar refractivity (Wildman–Crippen MR) is 98.6 cm³/mol. The average Bonchev–Trinajstić information content (AvgIpc) is 3.03. The molecule has 1 fully saturated rings. The van der Waals surface area contributed by atoms with Crippen molar-refractivity contribution in [1.82, 2.24) is 20.1 Å². The summed E-state index contributed by atoms with van der Waals surface area (Å²) < 4.78 is 2.24. The van der Waals surface area contributed by atoms with E-state index in [9.17, 15) is 4.79 Å². The minimum Gasteiger partial charge on any atom is -0.351 e. The highest BCUT2D eigenvalue weighted by Gasteiger charge is 2.31. The van der Waals surface area contributed by atoms with Crippen LogP contribution in [0.5, 0.6) is 0 Å². The number of aromatic nitrogens is 3. The van der Waals surface area contributed by atoms with Crippen LogP contribution >= 0.6 is 23.1 Å². The van der Waals surface area contributed by atoms with Crippen LogP contribution in [0.4, 0.5) is 0 Å². The van der Waals surface area contributed by atoms with E-state index >= 15 is 0 Å². The summed E-state index contributed by atoms with van der Waals surface area (Å²) in [5.41, 5.74) is -0.222. The highest BCUT2D eigenvalue weighted by Crippen LogP contribution is 2.40. The average molecular weight is 365 g/mol. The maximum Gasteiger partial charge on any atom is 0.233 e. The van der Waals surface area contributed by atoms with Gasteiger partial charge in [0.1, 0.15) is 5.82 Å². The zero-order chi connectivity index (χ0) is 17.3. The second-order valence-electron chi connectivity index (χ2n) is 7.26. The van der Waals surface area contributed by atoms with Crippen LogP contribution in [0.1, 0.15) is 57.3 Å². The van der Waals surface area contributed by atoms with Gasteiger partial charge in [0.05, 0.1) is 5.25 Å². The van der Waals surface area contributed by atoms with Gasteiger partial charge in [0.2, 0.25) is 5.91 Å². The largest absolute Gasteiger partial charge is 0.351 e. The Labute approximate surface area is 151 Å². The second-order valence-corrected chi connectivity index (χ2v) is 9.60. The monoisotopic (exact) mass is 364 g/mol. The molecule has 0 radical (unpaired) electrons. The van der Waals surface area contributed by atoms with Gasteiger partial charge in [-0.05, 0) is 52.0 Å². The lowest BCUT2D eigenvalue weighted by molar-refractivity contribution is -0.121. The number of hydrogen-bond donors (Lipinski definition) is 1. The Bertz CT molecular complexity index is 699. The molecule has 5 nitrogen and oxygen atoms in total. The smallest absolute Gasteiger partial charge is 0.233 e. The fourth-order valence-electron chi connectivity index (χ4n) is 2.46. The Kier molecular flexibility index (Phi) is 5.01. The molecule has 3 rings (SSSR count). The third-order valence-corrected chi connectivity index (χ3v) is 5.64. The van der Waals surface area contributed by atoms with Crippen molar-refractivity contribution in [3.63, 3.8) is 0 Å². The molecule has 2 aromatic heterocycles. The quantitative estimate of drug-likeness (QED) is 0.795. The number of amides is 1. The number of hydrogen-bond acceptors (Lipinski definition) is 5. The van der Waals surface area contributed by atoms with Gasteiger partial charge in [0, 0.05) is 22.9 Å². The number of nitrogens with one attached hydrogen (secondary N) is 1. The summed E-state index contributed by atoms with van der Waals surface area (Å²) >= 11 is 3.24. The molecular weight excluding hydrogens is 340 g/mol.